The summed E-state index contributed by atoms with van der Waals surface area (Å²) < 4.78 is 0. The molecular weight excluding hydrogens is 240 g/mol. The Labute approximate surface area is 112 Å². The number of carbonyl (C=O) groups excluding carboxylic acids is 1. The van der Waals surface area contributed by atoms with Crippen LogP contribution in [0, 0.1) is 0 Å². The molecule has 1 amide bonds. The van der Waals surface area contributed by atoms with Crippen molar-refractivity contribution < 1.29 is 9.90 Å². The van der Waals surface area contributed by atoms with Gasteiger partial charge < -0.3 is 10.0 Å². The number of benzene rings is 1. The molecule has 19 heavy (non-hydrogen) atoms. The lowest BCUT2D eigenvalue weighted by Gasteiger charge is -2.25. The van der Waals surface area contributed by atoms with Crippen molar-refractivity contribution >= 4 is 5.91 Å². The number of pyridine rings is 1. The fraction of sp³-hybridized carbons (Fsp3) is 0.200. The van der Waals surface area contributed by atoms with E-state index in [1.165, 1.54) is 6.20 Å². The third-order valence-corrected chi connectivity index (χ3v) is 3.20. The Kier molecular flexibility index (Phi) is 3.80. The van der Waals surface area contributed by atoms with Gasteiger partial charge in [0.1, 0.15) is 5.75 Å². The van der Waals surface area contributed by atoms with Gasteiger partial charge in [-0.15, -0.1) is 0 Å². The van der Waals surface area contributed by atoms with Gasteiger partial charge in [-0.2, -0.15) is 0 Å². The second kappa shape index (κ2) is 5.52. The summed E-state index contributed by atoms with van der Waals surface area (Å²) in [5, 5.41) is 9.83. The standard InChI is InChI=1S/C15H16N2O2/c1-11(13-7-3-4-8-14(13)18)17(2)15(19)12-6-5-9-16-10-12/h3-11,18H,1-2H3. The summed E-state index contributed by atoms with van der Waals surface area (Å²) in [6.07, 6.45) is 3.17. The first kappa shape index (κ1) is 13.1. The monoisotopic (exact) mass is 256 g/mol. The number of para-hydroxylation sites is 1. The highest BCUT2D eigenvalue weighted by Gasteiger charge is 2.20. The zero-order valence-corrected chi connectivity index (χ0v) is 10.9. The van der Waals surface area contributed by atoms with Crippen LogP contribution in [0.15, 0.2) is 48.8 Å². The van der Waals surface area contributed by atoms with E-state index in [0.29, 0.717) is 5.56 Å². The minimum atomic E-state index is -0.214. The van der Waals surface area contributed by atoms with E-state index < -0.39 is 0 Å². The molecule has 1 unspecified atom stereocenters. The first-order valence-electron chi connectivity index (χ1n) is 6.06. The van der Waals surface area contributed by atoms with E-state index in [9.17, 15) is 9.90 Å². The van der Waals surface area contributed by atoms with Crippen LogP contribution < -0.4 is 0 Å². The molecule has 2 rings (SSSR count). The van der Waals surface area contributed by atoms with E-state index in [-0.39, 0.29) is 17.7 Å². The molecule has 0 saturated carbocycles. The predicted molar refractivity (Wildman–Crippen MR) is 72.9 cm³/mol. The summed E-state index contributed by atoms with van der Waals surface area (Å²) >= 11 is 0. The number of rotatable bonds is 3. The van der Waals surface area contributed by atoms with Crippen molar-refractivity contribution in [2.75, 3.05) is 7.05 Å². The average Bonchev–Trinajstić information content (AvgIpc) is 2.46. The minimum Gasteiger partial charge on any atom is -0.508 e. The Morgan fingerprint density at radius 2 is 2.00 bits per heavy atom. The van der Waals surface area contributed by atoms with Crippen LogP contribution in [0.4, 0.5) is 0 Å². The molecule has 4 heteroatoms. The third-order valence-electron chi connectivity index (χ3n) is 3.20. The normalized spacial score (nSPS) is 11.9. The average molecular weight is 256 g/mol. The van der Waals surface area contributed by atoms with Gasteiger partial charge in [0.2, 0.25) is 0 Å². The van der Waals surface area contributed by atoms with E-state index in [4.69, 9.17) is 0 Å². The summed E-state index contributed by atoms with van der Waals surface area (Å²) in [4.78, 5) is 17.8. The largest absolute Gasteiger partial charge is 0.508 e. The maximum atomic E-state index is 12.3. The molecule has 1 N–H and O–H groups in total. The number of phenolic OH excluding ortho intramolecular Hbond substituents is 1. The highest BCUT2D eigenvalue weighted by molar-refractivity contribution is 5.94. The maximum Gasteiger partial charge on any atom is 0.255 e. The van der Waals surface area contributed by atoms with E-state index >= 15 is 0 Å². The summed E-state index contributed by atoms with van der Waals surface area (Å²) in [6.45, 7) is 1.88. The zero-order valence-electron chi connectivity index (χ0n) is 10.9. The predicted octanol–water partition coefficient (Wildman–Crippen LogP) is 2.62. The van der Waals surface area contributed by atoms with Crippen LogP contribution in [0.1, 0.15) is 28.9 Å². The van der Waals surface area contributed by atoms with Gasteiger partial charge >= 0.3 is 0 Å². The molecule has 0 aliphatic rings. The van der Waals surface area contributed by atoms with Gasteiger partial charge in [-0.1, -0.05) is 18.2 Å². The molecule has 0 fully saturated rings. The van der Waals surface area contributed by atoms with E-state index in [1.54, 1.807) is 42.4 Å². The van der Waals surface area contributed by atoms with Crippen molar-refractivity contribution in [2.24, 2.45) is 0 Å². The third kappa shape index (κ3) is 2.73. The van der Waals surface area contributed by atoms with Crippen LogP contribution in [0.25, 0.3) is 0 Å². The quantitative estimate of drug-likeness (QED) is 0.918. The van der Waals surface area contributed by atoms with Crippen molar-refractivity contribution in [1.29, 1.82) is 0 Å². The van der Waals surface area contributed by atoms with Crippen LogP contribution in [-0.4, -0.2) is 27.9 Å². The van der Waals surface area contributed by atoms with Crippen molar-refractivity contribution in [2.45, 2.75) is 13.0 Å². The molecule has 1 aromatic carbocycles. The van der Waals surface area contributed by atoms with E-state index in [1.807, 2.05) is 19.1 Å². The molecule has 0 bridgehead atoms. The van der Waals surface area contributed by atoms with Gasteiger partial charge in [-0.05, 0) is 25.1 Å². The van der Waals surface area contributed by atoms with Crippen molar-refractivity contribution in [1.82, 2.24) is 9.88 Å². The van der Waals surface area contributed by atoms with Crippen LogP contribution in [0.2, 0.25) is 0 Å². The smallest absolute Gasteiger partial charge is 0.255 e. The lowest BCUT2D eigenvalue weighted by Crippen LogP contribution is -2.29. The second-order valence-electron chi connectivity index (χ2n) is 4.39. The molecule has 0 saturated heterocycles. The van der Waals surface area contributed by atoms with Crippen LogP contribution >= 0.6 is 0 Å². The van der Waals surface area contributed by atoms with Gasteiger partial charge in [-0.3, -0.25) is 9.78 Å². The lowest BCUT2D eigenvalue weighted by molar-refractivity contribution is 0.0741. The molecule has 0 radical (unpaired) electrons. The van der Waals surface area contributed by atoms with Gasteiger partial charge in [0, 0.05) is 25.0 Å². The summed E-state index contributed by atoms with van der Waals surface area (Å²) in [5.74, 6) is 0.0738. The lowest BCUT2D eigenvalue weighted by atomic mass is 10.1. The maximum absolute atomic E-state index is 12.3. The molecule has 0 aliphatic heterocycles. The summed E-state index contributed by atoms with van der Waals surface area (Å²) in [6, 6.07) is 10.3. The van der Waals surface area contributed by atoms with Crippen molar-refractivity contribution in [3.8, 4) is 5.75 Å². The number of hydrogen-bond donors (Lipinski definition) is 1. The van der Waals surface area contributed by atoms with E-state index in [0.717, 1.165) is 5.56 Å². The molecule has 1 heterocycles. The summed E-state index contributed by atoms with van der Waals surface area (Å²) in [5.41, 5.74) is 1.26. The number of nitrogens with zero attached hydrogens (tertiary/aromatic N) is 2. The Bertz CT molecular complexity index is 569. The molecule has 4 nitrogen and oxygen atoms in total. The molecular formula is C15H16N2O2. The first-order chi connectivity index (χ1) is 9.11. The highest BCUT2D eigenvalue weighted by Crippen LogP contribution is 2.27. The van der Waals surface area contributed by atoms with Gasteiger partial charge in [0.25, 0.3) is 5.91 Å². The molecule has 2 aromatic rings. The van der Waals surface area contributed by atoms with Crippen molar-refractivity contribution in [3.05, 3.63) is 59.9 Å². The zero-order chi connectivity index (χ0) is 13.8. The second-order valence-corrected chi connectivity index (χ2v) is 4.39. The van der Waals surface area contributed by atoms with Crippen LogP contribution in [0.3, 0.4) is 0 Å². The Balaban J connectivity index is 2.23. The van der Waals surface area contributed by atoms with Crippen LogP contribution in [-0.2, 0) is 0 Å². The number of carbonyl (C=O) groups is 1. The summed E-state index contributed by atoms with van der Waals surface area (Å²) in [7, 11) is 1.71. The molecule has 1 atom stereocenters. The number of amides is 1. The fourth-order valence-corrected chi connectivity index (χ4v) is 1.92. The molecule has 98 valence electrons. The van der Waals surface area contributed by atoms with E-state index in [2.05, 4.69) is 4.98 Å². The Morgan fingerprint density at radius 3 is 2.63 bits per heavy atom. The van der Waals surface area contributed by atoms with Gasteiger partial charge in [-0.25, -0.2) is 0 Å². The number of aromatic nitrogens is 1. The van der Waals surface area contributed by atoms with Gasteiger partial charge in [0.15, 0.2) is 0 Å². The Hall–Kier alpha value is -2.36. The fourth-order valence-electron chi connectivity index (χ4n) is 1.92. The molecule has 1 aromatic heterocycles. The molecule has 0 aliphatic carbocycles. The Morgan fingerprint density at radius 1 is 1.26 bits per heavy atom. The number of aromatic hydroxyl groups is 1. The number of hydrogen-bond acceptors (Lipinski definition) is 3. The van der Waals surface area contributed by atoms with Gasteiger partial charge in [0.05, 0.1) is 11.6 Å². The molecule has 0 spiro atoms. The SMILES string of the molecule is CC(c1ccccc1O)N(C)C(=O)c1cccnc1. The minimum absolute atomic E-state index is 0.121. The van der Waals surface area contributed by atoms with Crippen LogP contribution in [0.5, 0.6) is 5.75 Å². The first-order valence-corrected chi connectivity index (χ1v) is 6.06. The van der Waals surface area contributed by atoms with Crippen molar-refractivity contribution in [3.63, 3.8) is 0 Å². The number of phenols is 1. The highest BCUT2D eigenvalue weighted by atomic mass is 16.3. The topological polar surface area (TPSA) is 53.4 Å².